The summed E-state index contributed by atoms with van der Waals surface area (Å²) < 4.78 is 16.4. The van der Waals surface area contributed by atoms with Gasteiger partial charge in [-0.05, 0) is 36.6 Å². The van der Waals surface area contributed by atoms with Crippen LogP contribution in [0.4, 0.5) is 11.4 Å². The molecule has 4 rings (SSSR count). The van der Waals surface area contributed by atoms with Crippen LogP contribution >= 0.6 is 0 Å². The minimum Gasteiger partial charge on any atom is -0.483 e. The molecule has 0 unspecified atom stereocenters. The van der Waals surface area contributed by atoms with Crippen molar-refractivity contribution in [2.24, 2.45) is 0 Å². The van der Waals surface area contributed by atoms with Gasteiger partial charge in [-0.25, -0.2) is 4.79 Å². The molecule has 1 amide bonds. The van der Waals surface area contributed by atoms with Crippen molar-refractivity contribution in [1.82, 2.24) is 0 Å². The van der Waals surface area contributed by atoms with E-state index in [2.05, 4.69) is 10.2 Å². The molecule has 1 aliphatic heterocycles. The number of esters is 1. The van der Waals surface area contributed by atoms with Crippen molar-refractivity contribution in [1.29, 1.82) is 0 Å². The SMILES string of the molecule is CCOC(=O)c1cc(NC(=O)COc2cccc3ccccc23)ccc1N1CCOCC1. The number of rotatable bonds is 7. The van der Waals surface area contributed by atoms with Crippen LogP contribution in [0.25, 0.3) is 10.8 Å². The van der Waals surface area contributed by atoms with Crippen LogP contribution in [0.15, 0.2) is 60.7 Å². The second kappa shape index (κ2) is 10.2. The number of hydrogen-bond acceptors (Lipinski definition) is 6. The number of morpholine rings is 1. The molecule has 1 fully saturated rings. The summed E-state index contributed by atoms with van der Waals surface area (Å²) in [6.45, 7) is 4.49. The van der Waals surface area contributed by atoms with Gasteiger partial charge in [0.05, 0.1) is 31.1 Å². The minimum absolute atomic E-state index is 0.145. The van der Waals surface area contributed by atoms with Crippen molar-refractivity contribution in [3.8, 4) is 5.75 Å². The molecule has 3 aromatic carbocycles. The first-order chi connectivity index (χ1) is 15.7. The number of carbonyl (C=O) groups is 2. The third kappa shape index (κ3) is 5.00. The van der Waals surface area contributed by atoms with Crippen LogP contribution in [0, 0.1) is 0 Å². The van der Waals surface area contributed by atoms with E-state index < -0.39 is 5.97 Å². The van der Waals surface area contributed by atoms with Gasteiger partial charge in [-0.3, -0.25) is 4.79 Å². The summed E-state index contributed by atoms with van der Waals surface area (Å²) in [4.78, 5) is 27.2. The first-order valence-electron chi connectivity index (χ1n) is 10.7. The Morgan fingerprint density at radius 2 is 1.81 bits per heavy atom. The number of amides is 1. The summed E-state index contributed by atoms with van der Waals surface area (Å²) in [7, 11) is 0. The van der Waals surface area contributed by atoms with E-state index in [0.717, 1.165) is 16.5 Å². The highest BCUT2D eigenvalue weighted by Gasteiger charge is 2.21. The number of ether oxygens (including phenoxy) is 3. The van der Waals surface area contributed by atoms with Gasteiger partial charge in [0, 0.05) is 24.2 Å². The first kappa shape index (κ1) is 21.6. The molecule has 7 nitrogen and oxygen atoms in total. The lowest BCUT2D eigenvalue weighted by Crippen LogP contribution is -2.37. The summed E-state index contributed by atoms with van der Waals surface area (Å²) in [5, 5.41) is 4.80. The molecular formula is C25H26N2O5. The van der Waals surface area contributed by atoms with Crippen LogP contribution in [0.3, 0.4) is 0 Å². The second-order valence-electron chi connectivity index (χ2n) is 7.37. The fourth-order valence-electron chi connectivity index (χ4n) is 3.73. The van der Waals surface area contributed by atoms with Crippen LogP contribution in [0.2, 0.25) is 0 Å². The van der Waals surface area contributed by atoms with E-state index in [1.165, 1.54) is 0 Å². The minimum atomic E-state index is -0.419. The molecule has 0 bridgehead atoms. The van der Waals surface area contributed by atoms with Crippen molar-refractivity contribution in [2.45, 2.75) is 6.92 Å². The fraction of sp³-hybridized carbons (Fsp3) is 0.280. The summed E-state index contributed by atoms with van der Waals surface area (Å²) in [6, 6.07) is 18.8. The average molecular weight is 434 g/mol. The Morgan fingerprint density at radius 3 is 2.62 bits per heavy atom. The van der Waals surface area contributed by atoms with Gasteiger partial charge in [-0.1, -0.05) is 36.4 Å². The first-order valence-corrected chi connectivity index (χ1v) is 10.7. The zero-order valence-corrected chi connectivity index (χ0v) is 18.0. The molecule has 1 saturated heterocycles. The lowest BCUT2D eigenvalue weighted by atomic mass is 10.1. The van der Waals surface area contributed by atoms with E-state index >= 15 is 0 Å². The second-order valence-corrected chi connectivity index (χ2v) is 7.37. The Hall–Kier alpha value is -3.58. The number of nitrogens with zero attached hydrogens (tertiary/aromatic N) is 1. The molecule has 166 valence electrons. The number of hydrogen-bond donors (Lipinski definition) is 1. The van der Waals surface area contributed by atoms with Crippen LogP contribution in [-0.4, -0.2) is 51.4 Å². The lowest BCUT2D eigenvalue weighted by Gasteiger charge is -2.30. The van der Waals surface area contributed by atoms with Crippen molar-refractivity contribution in [2.75, 3.05) is 49.7 Å². The Labute approximate surface area is 186 Å². The van der Waals surface area contributed by atoms with Crippen molar-refractivity contribution in [3.05, 3.63) is 66.2 Å². The van der Waals surface area contributed by atoms with Crippen molar-refractivity contribution < 1.29 is 23.8 Å². The van der Waals surface area contributed by atoms with E-state index in [9.17, 15) is 9.59 Å². The fourth-order valence-corrected chi connectivity index (χ4v) is 3.73. The van der Waals surface area contributed by atoms with Gasteiger partial charge in [0.15, 0.2) is 6.61 Å². The highest BCUT2D eigenvalue weighted by Crippen LogP contribution is 2.27. The van der Waals surface area contributed by atoms with Crippen LogP contribution in [0.1, 0.15) is 17.3 Å². The maximum absolute atomic E-state index is 12.6. The molecule has 7 heteroatoms. The number of anilines is 2. The summed E-state index contributed by atoms with van der Waals surface area (Å²) in [6.07, 6.45) is 0. The number of fused-ring (bicyclic) bond motifs is 1. The Morgan fingerprint density at radius 1 is 1.03 bits per heavy atom. The normalized spacial score (nSPS) is 13.6. The summed E-state index contributed by atoms with van der Waals surface area (Å²) in [5.41, 5.74) is 1.70. The monoisotopic (exact) mass is 434 g/mol. The van der Waals surface area contributed by atoms with Gasteiger partial charge in [-0.2, -0.15) is 0 Å². The molecule has 0 aromatic heterocycles. The lowest BCUT2D eigenvalue weighted by molar-refractivity contribution is -0.118. The van der Waals surface area contributed by atoms with E-state index in [0.29, 0.717) is 43.3 Å². The van der Waals surface area contributed by atoms with Gasteiger partial charge in [-0.15, -0.1) is 0 Å². The van der Waals surface area contributed by atoms with Gasteiger partial charge in [0.1, 0.15) is 5.75 Å². The van der Waals surface area contributed by atoms with Crippen LogP contribution in [0.5, 0.6) is 5.75 Å². The zero-order chi connectivity index (χ0) is 22.3. The smallest absolute Gasteiger partial charge is 0.340 e. The maximum atomic E-state index is 12.6. The largest absolute Gasteiger partial charge is 0.483 e. The van der Waals surface area contributed by atoms with Crippen molar-refractivity contribution in [3.63, 3.8) is 0 Å². The highest BCUT2D eigenvalue weighted by molar-refractivity contribution is 5.99. The highest BCUT2D eigenvalue weighted by atomic mass is 16.5. The third-order valence-corrected chi connectivity index (χ3v) is 5.24. The zero-order valence-electron chi connectivity index (χ0n) is 18.0. The Bertz CT molecular complexity index is 1100. The topological polar surface area (TPSA) is 77.1 Å². The molecule has 1 N–H and O–H groups in total. The van der Waals surface area contributed by atoms with Gasteiger partial charge >= 0.3 is 5.97 Å². The predicted octanol–water partition coefficient (Wildman–Crippen LogP) is 3.87. The number of carbonyl (C=O) groups excluding carboxylic acids is 2. The average Bonchev–Trinajstić information content (AvgIpc) is 2.83. The molecule has 32 heavy (non-hydrogen) atoms. The third-order valence-electron chi connectivity index (χ3n) is 5.24. The van der Waals surface area contributed by atoms with E-state index in [1.807, 2.05) is 48.5 Å². The number of nitrogens with one attached hydrogen (secondary N) is 1. The predicted molar refractivity (Wildman–Crippen MR) is 124 cm³/mol. The summed E-state index contributed by atoms with van der Waals surface area (Å²) >= 11 is 0. The molecule has 3 aromatic rings. The molecular weight excluding hydrogens is 408 g/mol. The number of benzene rings is 3. The summed E-state index contributed by atoms with van der Waals surface area (Å²) in [5.74, 6) is -0.0860. The van der Waals surface area contributed by atoms with Gasteiger partial charge < -0.3 is 24.4 Å². The van der Waals surface area contributed by atoms with Gasteiger partial charge in [0.25, 0.3) is 5.91 Å². The maximum Gasteiger partial charge on any atom is 0.340 e. The molecule has 1 heterocycles. The van der Waals surface area contributed by atoms with E-state index in [-0.39, 0.29) is 19.1 Å². The molecule has 0 radical (unpaired) electrons. The Kier molecular flexibility index (Phi) is 6.87. The molecule has 0 saturated carbocycles. The van der Waals surface area contributed by atoms with Crippen molar-refractivity contribution >= 4 is 34.0 Å². The van der Waals surface area contributed by atoms with Crippen LogP contribution in [-0.2, 0) is 14.3 Å². The molecule has 1 aliphatic rings. The Balaban J connectivity index is 1.47. The molecule has 0 aliphatic carbocycles. The van der Waals surface area contributed by atoms with E-state index in [1.54, 1.807) is 19.1 Å². The molecule has 0 atom stereocenters. The standard InChI is InChI=1S/C25H26N2O5/c1-2-31-25(29)21-16-19(10-11-22(21)27-12-14-30-15-13-27)26-24(28)17-32-23-9-5-7-18-6-3-4-8-20(18)23/h3-11,16H,2,12-15,17H2,1H3,(H,26,28). The quantitative estimate of drug-likeness (QED) is 0.569. The van der Waals surface area contributed by atoms with Crippen LogP contribution < -0.4 is 15.0 Å². The molecule has 0 spiro atoms. The van der Waals surface area contributed by atoms with E-state index in [4.69, 9.17) is 14.2 Å². The van der Waals surface area contributed by atoms with Gasteiger partial charge in [0.2, 0.25) is 0 Å².